The molecular weight excluding hydrogens is 258 g/mol. The van der Waals surface area contributed by atoms with E-state index >= 15 is 0 Å². The third-order valence-corrected chi connectivity index (χ3v) is 4.47. The lowest BCUT2D eigenvalue weighted by Crippen LogP contribution is -2.56. The lowest BCUT2D eigenvalue weighted by atomic mass is 9.63. The van der Waals surface area contributed by atoms with E-state index in [0.717, 1.165) is 32.1 Å². The average Bonchev–Trinajstić information content (AvgIpc) is 2.25. The SMILES string of the molecule is CC(C)(C)OC(=O)NC12CCCC(C1)C(C(=O)O)CC2. The van der Waals surface area contributed by atoms with Crippen LogP contribution in [-0.2, 0) is 9.53 Å². The summed E-state index contributed by atoms with van der Waals surface area (Å²) in [5.41, 5.74) is -0.760. The van der Waals surface area contributed by atoms with Gasteiger partial charge in [0, 0.05) is 5.54 Å². The lowest BCUT2D eigenvalue weighted by Gasteiger charge is -2.47. The fourth-order valence-corrected chi connectivity index (χ4v) is 3.67. The van der Waals surface area contributed by atoms with Gasteiger partial charge in [0.15, 0.2) is 0 Å². The van der Waals surface area contributed by atoms with Gasteiger partial charge in [-0.05, 0) is 58.8 Å². The van der Waals surface area contributed by atoms with E-state index in [4.69, 9.17) is 4.74 Å². The fraction of sp³-hybridized carbons (Fsp3) is 0.867. The molecule has 2 N–H and O–H groups in total. The number of amides is 1. The molecule has 0 aromatic rings. The first-order chi connectivity index (χ1) is 9.21. The Morgan fingerprint density at radius 3 is 2.55 bits per heavy atom. The Labute approximate surface area is 120 Å². The summed E-state index contributed by atoms with van der Waals surface area (Å²) in [5, 5.41) is 12.3. The van der Waals surface area contributed by atoms with Crippen LogP contribution in [0.1, 0.15) is 59.3 Å². The molecule has 0 saturated heterocycles. The zero-order chi connectivity index (χ0) is 15.0. The second-order valence-electron chi connectivity index (χ2n) is 7.25. The minimum atomic E-state index is -0.692. The molecule has 20 heavy (non-hydrogen) atoms. The second kappa shape index (κ2) is 5.26. The first-order valence-corrected chi connectivity index (χ1v) is 7.45. The summed E-state index contributed by atoms with van der Waals surface area (Å²) in [7, 11) is 0. The van der Waals surface area contributed by atoms with E-state index in [9.17, 15) is 14.7 Å². The number of hydrogen-bond donors (Lipinski definition) is 2. The number of aliphatic carboxylic acids is 1. The third kappa shape index (κ3) is 3.44. The summed E-state index contributed by atoms with van der Waals surface area (Å²) in [6.45, 7) is 5.53. The van der Waals surface area contributed by atoms with E-state index in [1.54, 1.807) is 0 Å². The number of carbonyl (C=O) groups is 2. The quantitative estimate of drug-likeness (QED) is 0.817. The van der Waals surface area contributed by atoms with Crippen molar-refractivity contribution in [1.29, 1.82) is 0 Å². The van der Waals surface area contributed by atoms with Crippen LogP contribution in [0.3, 0.4) is 0 Å². The van der Waals surface area contributed by atoms with Gasteiger partial charge in [0.1, 0.15) is 5.60 Å². The smallest absolute Gasteiger partial charge is 0.408 e. The van der Waals surface area contributed by atoms with Gasteiger partial charge < -0.3 is 15.2 Å². The van der Waals surface area contributed by atoms with Crippen molar-refractivity contribution in [3.05, 3.63) is 0 Å². The minimum absolute atomic E-state index is 0.185. The molecule has 3 unspecified atom stereocenters. The summed E-state index contributed by atoms with van der Waals surface area (Å²) < 4.78 is 5.33. The molecule has 2 saturated carbocycles. The normalized spacial score (nSPS) is 33.4. The zero-order valence-corrected chi connectivity index (χ0v) is 12.6. The van der Waals surface area contributed by atoms with Crippen molar-refractivity contribution in [1.82, 2.24) is 5.32 Å². The number of fused-ring (bicyclic) bond motifs is 2. The monoisotopic (exact) mass is 283 g/mol. The highest BCUT2D eigenvalue weighted by atomic mass is 16.6. The molecule has 2 bridgehead atoms. The number of carboxylic acid groups (broad SMARTS) is 1. The van der Waals surface area contributed by atoms with Gasteiger partial charge in [0.05, 0.1) is 5.92 Å². The third-order valence-electron chi connectivity index (χ3n) is 4.47. The molecule has 0 aliphatic heterocycles. The second-order valence-corrected chi connectivity index (χ2v) is 7.25. The van der Waals surface area contributed by atoms with Crippen LogP contribution >= 0.6 is 0 Å². The highest BCUT2D eigenvalue weighted by molar-refractivity contribution is 5.71. The zero-order valence-electron chi connectivity index (χ0n) is 12.6. The van der Waals surface area contributed by atoms with Gasteiger partial charge in [0.25, 0.3) is 0 Å². The van der Waals surface area contributed by atoms with Crippen LogP contribution in [0.25, 0.3) is 0 Å². The van der Waals surface area contributed by atoms with E-state index in [0.29, 0.717) is 6.42 Å². The van der Waals surface area contributed by atoms with E-state index < -0.39 is 11.6 Å². The fourth-order valence-electron chi connectivity index (χ4n) is 3.67. The predicted molar refractivity (Wildman–Crippen MR) is 74.4 cm³/mol. The predicted octanol–water partition coefficient (Wildman–Crippen LogP) is 2.93. The van der Waals surface area contributed by atoms with E-state index in [1.807, 2.05) is 20.8 Å². The number of carbonyl (C=O) groups excluding carboxylic acids is 1. The van der Waals surface area contributed by atoms with Gasteiger partial charge in [-0.25, -0.2) is 4.79 Å². The molecule has 5 nitrogen and oxygen atoms in total. The summed E-state index contributed by atoms with van der Waals surface area (Å²) in [6, 6.07) is 0. The molecule has 2 rings (SSSR count). The van der Waals surface area contributed by atoms with Crippen LogP contribution in [0.4, 0.5) is 4.79 Å². The van der Waals surface area contributed by atoms with Crippen LogP contribution < -0.4 is 5.32 Å². The number of rotatable bonds is 2. The van der Waals surface area contributed by atoms with Crippen LogP contribution in [0.2, 0.25) is 0 Å². The number of alkyl carbamates (subject to hydrolysis) is 1. The highest BCUT2D eigenvalue weighted by Gasteiger charge is 2.47. The summed E-state index contributed by atoms with van der Waals surface area (Å²) >= 11 is 0. The summed E-state index contributed by atoms with van der Waals surface area (Å²) in [6.07, 6.45) is 4.62. The maximum Gasteiger partial charge on any atom is 0.408 e. The largest absolute Gasteiger partial charge is 0.481 e. The Hall–Kier alpha value is -1.26. The van der Waals surface area contributed by atoms with Crippen molar-refractivity contribution in [2.75, 3.05) is 0 Å². The summed E-state index contributed by atoms with van der Waals surface area (Å²) in [5.74, 6) is -0.753. The van der Waals surface area contributed by atoms with Crippen molar-refractivity contribution in [3.63, 3.8) is 0 Å². The standard InChI is InChI=1S/C15H25NO4/c1-14(2,3)20-13(19)16-15-7-4-5-10(9-15)11(6-8-15)12(17)18/h10-11H,4-9H2,1-3H3,(H,16,19)(H,17,18). The van der Waals surface area contributed by atoms with Crippen LogP contribution in [-0.4, -0.2) is 28.3 Å². The lowest BCUT2D eigenvalue weighted by molar-refractivity contribution is -0.146. The molecule has 2 fully saturated rings. The van der Waals surface area contributed by atoms with Gasteiger partial charge >= 0.3 is 12.1 Å². The number of ether oxygens (including phenoxy) is 1. The Morgan fingerprint density at radius 1 is 1.25 bits per heavy atom. The van der Waals surface area contributed by atoms with E-state index in [-0.39, 0.29) is 23.5 Å². The molecule has 1 amide bonds. The van der Waals surface area contributed by atoms with Crippen molar-refractivity contribution in [2.24, 2.45) is 11.8 Å². The topological polar surface area (TPSA) is 75.6 Å². The maximum atomic E-state index is 12.0. The molecule has 5 heteroatoms. The first-order valence-electron chi connectivity index (χ1n) is 7.45. The van der Waals surface area contributed by atoms with E-state index in [1.165, 1.54) is 0 Å². The Balaban J connectivity index is 2.01. The molecule has 2 aliphatic rings. The molecule has 0 radical (unpaired) electrons. The van der Waals surface area contributed by atoms with Crippen molar-refractivity contribution in [3.8, 4) is 0 Å². The highest BCUT2D eigenvalue weighted by Crippen LogP contribution is 2.46. The van der Waals surface area contributed by atoms with Gasteiger partial charge in [-0.1, -0.05) is 6.42 Å². The van der Waals surface area contributed by atoms with Crippen molar-refractivity contribution < 1.29 is 19.4 Å². The number of carboxylic acids is 1. The van der Waals surface area contributed by atoms with Gasteiger partial charge in [-0.2, -0.15) is 0 Å². The maximum absolute atomic E-state index is 12.0. The first kappa shape index (κ1) is 15.1. The molecule has 0 aromatic heterocycles. The summed E-state index contributed by atoms with van der Waals surface area (Å²) in [4.78, 5) is 23.2. The average molecular weight is 283 g/mol. The van der Waals surface area contributed by atoms with Crippen LogP contribution in [0, 0.1) is 11.8 Å². The van der Waals surface area contributed by atoms with Crippen LogP contribution in [0.15, 0.2) is 0 Å². The minimum Gasteiger partial charge on any atom is -0.481 e. The molecule has 3 atom stereocenters. The molecule has 0 aromatic carbocycles. The van der Waals surface area contributed by atoms with Gasteiger partial charge in [-0.3, -0.25) is 4.79 Å². The van der Waals surface area contributed by atoms with E-state index in [2.05, 4.69) is 5.32 Å². The molecular formula is C15H25NO4. The van der Waals surface area contributed by atoms with Gasteiger partial charge in [-0.15, -0.1) is 0 Å². The number of nitrogens with one attached hydrogen (secondary N) is 1. The molecule has 0 spiro atoms. The molecule has 114 valence electrons. The van der Waals surface area contributed by atoms with Crippen molar-refractivity contribution in [2.45, 2.75) is 70.4 Å². The van der Waals surface area contributed by atoms with Crippen LogP contribution in [0.5, 0.6) is 0 Å². The molecule has 2 aliphatic carbocycles. The number of hydrogen-bond acceptors (Lipinski definition) is 3. The van der Waals surface area contributed by atoms with Gasteiger partial charge in [0.2, 0.25) is 0 Å². The molecule has 0 heterocycles. The Morgan fingerprint density at radius 2 is 1.95 bits per heavy atom. The Bertz CT molecular complexity index is 401. The van der Waals surface area contributed by atoms with Crippen molar-refractivity contribution >= 4 is 12.1 Å². The Kier molecular flexibility index (Phi) is 3.98.